The van der Waals surface area contributed by atoms with E-state index < -0.39 is 11.9 Å². The third kappa shape index (κ3) is 3.13. The summed E-state index contributed by atoms with van der Waals surface area (Å²) < 4.78 is 4.66. The summed E-state index contributed by atoms with van der Waals surface area (Å²) in [6.07, 6.45) is 1.43. The molecule has 2 rings (SSSR count). The minimum absolute atomic E-state index is 0.164. The molecule has 0 saturated carbocycles. The van der Waals surface area contributed by atoms with Gasteiger partial charge in [-0.25, -0.2) is 4.79 Å². The van der Waals surface area contributed by atoms with Crippen molar-refractivity contribution in [1.29, 1.82) is 0 Å². The topological polar surface area (TPSA) is 68.3 Å². The first-order chi connectivity index (χ1) is 9.61. The number of halogens is 1. The van der Waals surface area contributed by atoms with Gasteiger partial charge in [0.05, 0.1) is 18.4 Å². The van der Waals surface area contributed by atoms with Crippen molar-refractivity contribution < 1.29 is 14.3 Å². The number of benzene rings is 1. The number of carbonyl (C=O) groups is 2. The molecule has 102 valence electrons. The summed E-state index contributed by atoms with van der Waals surface area (Å²) in [5, 5.41) is 3.02. The number of amides is 1. The van der Waals surface area contributed by atoms with Crippen LogP contribution in [0.1, 0.15) is 20.8 Å². The van der Waals surface area contributed by atoms with Crippen LogP contribution >= 0.6 is 11.6 Å². The fourth-order valence-corrected chi connectivity index (χ4v) is 1.76. The lowest BCUT2D eigenvalue weighted by molar-refractivity contribution is 0.0602. The van der Waals surface area contributed by atoms with Crippen molar-refractivity contribution in [3.05, 3.63) is 58.9 Å². The number of hydrogen-bond acceptors (Lipinski definition) is 4. The molecule has 2 aromatic rings. The molecule has 1 aromatic heterocycles. The zero-order valence-electron chi connectivity index (χ0n) is 10.6. The van der Waals surface area contributed by atoms with Crippen LogP contribution in [0.2, 0.25) is 5.02 Å². The molecule has 0 unspecified atom stereocenters. The SMILES string of the molecule is COC(=O)c1ccccc1NC(=O)c1cc(Cl)ccn1. The zero-order chi connectivity index (χ0) is 14.5. The first-order valence-corrected chi connectivity index (χ1v) is 6.10. The van der Waals surface area contributed by atoms with Gasteiger partial charge in [0.15, 0.2) is 0 Å². The van der Waals surface area contributed by atoms with E-state index in [2.05, 4.69) is 15.0 Å². The molecule has 0 saturated heterocycles. The molecule has 6 heteroatoms. The Morgan fingerprint density at radius 1 is 1.25 bits per heavy atom. The van der Waals surface area contributed by atoms with Gasteiger partial charge in [-0.2, -0.15) is 0 Å². The summed E-state index contributed by atoms with van der Waals surface area (Å²) in [5.41, 5.74) is 0.786. The molecule has 0 aliphatic heterocycles. The second-order valence-corrected chi connectivity index (χ2v) is 4.29. The summed E-state index contributed by atoms with van der Waals surface area (Å²) >= 11 is 5.80. The van der Waals surface area contributed by atoms with E-state index in [9.17, 15) is 9.59 Å². The Morgan fingerprint density at radius 2 is 2.00 bits per heavy atom. The fourth-order valence-electron chi connectivity index (χ4n) is 1.60. The summed E-state index contributed by atoms with van der Waals surface area (Å²) in [4.78, 5) is 27.6. The van der Waals surface area contributed by atoms with Gasteiger partial charge in [-0.05, 0) is 24.3 Å². The first-order valence-electron chi connectivity index (χ1n) is 5.72. The maximum Gasteiger partial charge on any atom is 0.339 e. The highest BCUT2D eigenvalue weighted by atomic mass is 35.5. The van der Waals surface area contributed by atoms with Crippen molar-refractivity contribution in [2.75, 3.05) is 12.4 Å². The van der Waals surface area contributed by atoms with E-state index >= 15 is 0 Å². The Morgan fingerprint density at radius 3 is 2.70 bits per heavy atom. The number of anilines is 1. The monoisotopic (exact) mass is 290 g/mol. The van der Waals surface area contributed by atoms with Crippen LogP contribution in [0.25, 0.3) is 0 Å². The van der Waals surface area contributed by atoms with Crippen molar-refractivity contribution in [2.45, 2.75) is 0 Å². The second-order valence-electron chi connectivity index (χ2n) is 3.85. The third-order valence-electron chi connectivity index (χ3n) is 2.54. The van der Waals surface area contributed by atoms with Gasteiger partial charge in [0.1, 0.15) is 5.69 Å². The van der Waals surface area contributed by atoms with Crippen molar-refractivity contribution in [3.8, 4) is 0 Å². The number of pyridine rings is 1. The number of nitrogens with one attached hydrogen (secondary N) is 1. The van der Waals surface area contributed by atoms with E-state index in [4.69, 9.17) is 11.6 Å². The van der Waals surface area contributed by atoms with Crippen molar-refractivity contribution in [1.82, 2.24) is 4.98 Å². The smallest absolute Gasteiger partial charge is 0.339 e. The molecule has 5 nitrogen and oxygen atoms in total. The van der Waals surface area contributed by atoms with Crippen LogP contribution in [-0.2, 0) is 4.74 Å². The van der Waals surface area contributed by atoms with Crippen LogP contribution in [0.4, 0.5) is 5.69 Å². The zero-order valence-corrected chi connectivity index (χ0v) is 11.3. The molecule has 1 aromatic carbocycles. The lowest BCUT2D eigenvalue weighted by atomic mass is 10.1. The van der Waals surface area contributed by atoms with Crippen LogP contribution < -0.4 is 5.32 Å². The van der Waals surface area contributed by atoms with Gasteiger partial charge in [0.2, 0.25) is 0 Å². The number of hydrogen-bond donors (Lipinski definition) is 1. The number of carbonyl (C=O) groups excluding carboxylic acids is 2. The number of nitrogens with zero attached hydrogens (tertiary/aromatic N) is 1. The van der Waals surface area contributed by atoms with E-state index in [0.717, 1.165) is 0 Å². The van der Waals surface area contributed by atoms with Gasteiger partial charge >= 0.3 is 5.97 Å². The van der Waals surface area contributed by atoms with Gasteiger partial charge < -0.3 is 10.1 Å². The van der Waals surface area contributed by atoms with Crippen LogP contribution in [0.5, 0.6) is 0 Å². The summed E-state index contributed by atoms with van der Waals surface area (Å²) in [6.45, 7) is 0. The average Bonchev–Trinajstić information content (AvgIpc) is 2.47. The first kappa shape index (κ1) is 14.0. The number of rotatable bonds is 3. The Balaban J connectivity index is 2.26. The molecule has 0 radical (unpaired) electrons. The minimum Gasteiger partial charge on any atom is -0.465 e. The second kappa shape index (κ2) is 6.16. The molecule has 0 aliphatic rings. The van der Waals surface area contributed by atoms with Crippen molar-refractivity contribution >= 4 is 29.2 Å². The van der Waals surface area contributed by atoms with E-state index in [1.54, 1.807) is 30.3 Å². The van der Waals surface area contributed by atoms with Gasteiger partial charge in [-0.3, -0.25) is 9.78 Å². The van der Waals surface area contributed by atoms with E-state index in [1.807, 2.05) is 0 Å². The maximum absolute atomic E-state index is 12.0. The van der Waals surface area contributed by atoms with E-state index in [-0.39, 0.29) is 11.3 Å². The standard InChI is InChI=1S/C14H11ClN2O3/c1-20-14(19)10-4-2-3-5-11(10)17-13(18)12-8-9(15)6-7-16-12/h2-8H,1H3,(H,17,18). The molecule has 0 bridgehead atoms. The lowest BCUT2D eigenvalue weighted by Crippen LogP contribution is -2.16. The Kier molecular flexibility index (Phi) is 4.32. The maximum atomic E-state index is 12.0. The fraction of sp³-hybridized carbons (Fsp3) is 0.0714. The largest absolute Gasteiger partial charge is 0.465 e. The molecule has 0 spiro atoms. The number of aromatic nitrogens is 1. The van der Waals surface area contributed by atoms with E-state index in [1.165, 1.54) is 19.4 Å². The molecular weight excluding hydrogens is 280 g/mol. The van der Waals surface area contributed by atoms with Crippen LogP contribution in [0.3, 0.4) is 0 Å². The van der Waals surface area contributed by atoms with Crippen LogP contribution in [0, 0.1) is 0 Å². The number of esters is 1. The third-order valence-corrected chi connectivity index (χ3v) is 2.77. The highest BCUT2D eigenvalue weighted by Gasteiger charge is 2.14. The number of methoxy groups -OCH3 is 1. The van der Waals surface area contributed by atoms with Crippen molar-refractivity contribution in [2.24, 2.45) is 0 Å². The highest BCUT2D eigenvalue weighted by Crippen LogP contribution is 2.17. The molecule has 0 atom stereocenters. The van der Waals surface area contributed by atoms with Gasteiger partial charge in [-0.15, -0.1) is 0 Å². The van der Waals surface area contributed by atoms with Crippen LogP contribution in [0.15, 0.2) is 42.6 Å². The normalized spacial score (nSPS) is 9.90. The lowest BCUT2D eigenvalue weighted by Gasteiger charge is -2.09. The predicted octanol–water partition coefficient (Wildman–Crippen LogP) is 2.77. The van der Waals surface area contributed by atoms with Gasteiger partial charge in [0, 0.05) is 11.2 Å². The van der Waals surface area contributed by atoms with Crippen LogP contribution in [-0.4, -0.2) is 24.0 Å². The molecule has 0 aliphatic carbocycles. The number of ether oxygens (including phenoxy) is 1. The summed E-state index contributed by atoms with van der Waals surface area (Å²) in [6, 6.07) is 9.56. The molecule has 20 heavy (non-hydrogen) atoms. The Hall–Kier alpha value is -2.40. The molecule has 1 heterocycles. The Bertz CT molecular complexity index is 658. The van der Waals surface area contributed by atoms with Gasteiger partial charge in [-0.1, -0.05) is 23.7 Å². The molecular formula is C14H11ClN2O3. The Labute approximate surface area is 120 Å². The number of para-hydroxylation sites is 1. The summed E-state index contributed by atoms with van der Waals surface area (Å²) in [7, 11) is 1.28. The molecule has 1 N–H and O–H groups in total. The van der Waals surface area contributed by atoms with E-state index in [0.29, 0.717) is 10.7 Å². The predicted molar refractivity (Wildman–Crippen MR) is 75.0 cm³/mol. The molecule has 1 amide bonds. The average molecular weight is 291 g/mol. The summed E-state index contributed by atoms with van der Waals surface area (Å²) in [5.74, 6) is -0.983. The molecule has 0 fully saturated rings. The quantitative estimate of drug-likeness (QED) is 0.883. The minimum atomic E-state index is -0.528. The van der Waals surface area contributed by atoms with Crippen molar-refractivity contribution in [3.63, 3.8) is 0 Å². The van der Waals surface area contributed by atoms with Gasteiger partial charge in [0.25, 0.3) is 5.91 Å². The highest BCUT2D eigenvalue weighted by molar-refractivity contribution is 6.31.